The molecule has 1 aliphatic rings. The molecule has 1 aliphatic heterocycles. The summed E-state index contributed by atoms with van der Waals surface area (Å²) in [7, 11) is 5.19. The monoisotopic (exact) mass is 419 g/mol. The van der Waals surface area contributed by atoms with E-state index in [1.807, 2.05) is 49.5 Å². The molecule has 2 aromatic rings. The van der Waals surface area contributed by atoms with Gasteiger partial charge in [-0.25, -0.2) is 0 Å². The number of piperazine rings is 1. The number of benzene rings is 2. The predicted octanol–water partition coefficient (Wildman–Crippen LogP) is 2.73. The van der Waals surface area contributed by atoms with Crippen molar-refractivity contribution in [2.24, 2.45) is 0 Å². The number of hydrogen-bond donors (Lipinski definition) is 1. The number of hydrogen-bond acceptors (Lipinski definition) is 5. The van der Waals surface area contributed by atoms with Gasteiger partial charge in [-0.15, -0.1) is 12.4 Å². The van der Waals surface area contributed by atoms with Crippen LogP contribution in [-0.2, 0) is 11.3 Å². The first-order chi connectivity index (χ1) is 13.6. The molecule has 0 saturated carbocycles. The summed E-state index contributed by atoms with van der Waals surface area (Å²) in [4.78, 5) is 16.9. The van der Waals surface area contributed by atoms with E-state index in [1.54, 1.807) is 19.1 Å². The van der Waals surface area contributed by atoms with E-state index < -0.39 is 0 Å². The number of para-hydroxylation sites is 1. The highest BCUT2D eigenvalue weighted by Crippen LogP contribution is 2.30. The Labute approximate surface area is 179 Å². The van der Waals surface area contributed by atoms with E-state index in [0.29, 0.717) is 13.1 Å². The van der Waals surface area contributed by atoms with Crippen LogP contribution in [0.3, 0.4) is 0 Å². The predicted molar refractivity (Wildman–Crippen MR) is 117 cm³/mol. The molecule has 7 heteroatoms. The molecule has 3 rings (SSSR count). The fraction of sp³-hybridized carbons (Fsp3) is 0.409. The molecular formula is C22H30ClN3O3. The average Bonchev–Trinajstić information content (AvgIpc) is 2.74. The molecule has 6 nitrogen and oxygen atoms in total. The van der Waals surface area contributed by atoms with Gasteiger partial charge in [0.1, 0.15) is 11.5 Å². The van der Waals surface area contributed by atoms with Gasteiger partial charge in [0.15, 0.2) is 0 Å². The van der Waals surface area contributed by atoms with E-state index in [-0.39, 0.29) is 24.4 Å². The molecule has 1 fully saturated rings. The number of ether oxygens (including phenoxy) is 2. The molecule has 0 radical (unpaired) electrons. The molecule has 0 bridgehead atoms. The Bertz CT molecular complexity index is 785. The van der Waals surface area contributed by atoms with Gasteiger partial charge in [0.2, 0.25) is 5.91 Å². The van der Waals surface area contributed by atoms with E-state index in [1.165, 1.54) is 0 Å². The summed E-state index contributed by atoms with van der Waals surface area (Å²) >= 11 is 0. The Morgan fingerprint density at radius 1 is 1.14 bits per heavy atom. The van der Waals surface area contributed by atoms with Gasteiger partial charge >= 0.3 is 0 Å². The quantitative estimate of drug-likeness (QED) is 0.747. The third-order valence-electron chi connectivity index (χ3n) is 5.20. The van der Waals surface area contributed by atoms with Gasteiger partial charge in [-0.3, -0.25) is 9.69 Å². The third kappa shape index (κ3) is 5.85. The fourth-order valence-electron chi connectivity index (χ4n) is 3.57. The number of methoxy groups -OCH3 is 2. The van der Waals surface area contributed by atoms with Crippen LogP contribution in [0.4, 0.5) is 0 Å². The first kappa shape index (κ1) is 23.0. The highest BCUT2D eigenvalue weighted by Gasteiger charge is 2.28. The molecule has 2 aromatic carbocycles. The van der Waals surface area contributed by atoms with E-state index >= 15 is 0 Å². The normalized spacial score (nSPS) is 16.6. The number of likely N-dealkylation sites (N-methyl/N-ethyl adjacent to an activating group) is 1. The second kappa shape index (κ2) is 11.0. The molecule has 1 atom stereocenters. The van der Waals surface area contributed by atoms with Gasteiger partial charge in [-0.05, 0) is 23.8 Å². The number of nitrogens with one attached hydrogen (secondary N) is 1. The lowest BCUT2D eigenvalue weighted by Gasteiger charge is -2.37. The van der Waals surface area contributed by atoms with E-state index in [4.69, 9.17) is 9.47 Å². The van der Waals surface area contributed by atoms with Crippen LogP contribution >= 0.6 is 12.4 Å². The lowest BCUT2D eigenvalue weighted by molar-refractivity contribution is -0.132. The zero-order valence-electron chi connectivity index (χ0n) is 17.3. The second-order valence-corrected chi connectivity index (χ2v) is 7.03. The molecule has 1 N–H and O–H groups in total. The van der Waals surface area contributed by atoms with Crippen LogP contribution in [0.15, 0.2) is 48.5 Å². The standard InChI is InChI=1S/C22H29N3O3.ClH/c1-24(15-17-8-10-18(27-2)11-9-17)22(26)16-25-13-12-23-14-20(25)19-6-4-5-7-21(19)28-3;/h4-11,20,23H,12-16H2,1-3H3;1H. The highest BCUT2D eigenvalue weighted by molar-refractivity contribution is 5.85. The lowest BCUT2D eigenvalue weighted by Crippen LogP contribution is -2.49. The zero-order valence-corrected chi connectivity index (χ0v) is 18.1. The topological polar surface area (TPSA) is 54.0 Å². The second-order valence-electron chi connectivity index (χ2n) is 7.03. The van der Waals surface area contributed by atoms with Gasteiger partial charge in [-0.2, -0.15) is 0 Å². The van der Waals surface area contributed by atoms with Crippen molar-refractivity contribution >= 4 is 18.3 Å². The summed E-state index contributed by atoms with van der Waals surface area (Å²) in [5, 5.41) is 3.43. The van der Waals surface area contributed by atoms with Crippen LogP contribution in [0.2, 0.25) is 0 Å². The number of carbonyl (C=O) groups excluding carboxylic acids is 1. The van der Waals surface area contributed by atoms with Crippen molar-refractivity contribution < 1.29 is 14.3 Å². The summed E-state index contributed by atoms with van der Waals surface area (Å²) < 4.78 is 10.7. The molecule has 1 amide bonds. The summed E-state index contributed by atoms with van der Waals surface area (Å²) in [5.74, 6) is 1.79. The maximum absolute atomic E-state index is 12.9. The Hall–Kier alpha value is -2.28. The molecule has 158 valence electrons. The van der Waals surface area contributed by atoms with Crippen LogP contribution < -0.4 is 14.8 Å². The number of amides is 1. The van der Waals surface area contributed by atoms with E-state index in [9.17, 15) is 4.79 Å². The van der Waals surface area contributed by atoms with Gasteiger partial charge < -0.3 is 19.7 Å². The molecule has 1 unspecified atom stereocenters. The summed E-state index contributed by atoms with van der Waals surface area (Å²) in [6.07, 6.45) is 0. The number of halogens is 1. The van der Waals surface area contributed by atoms with Crippen molar-refractivity contribution in [2.45, 2.75) is 12.6 Å². The molecular weight excluding hydrogens is 390 g/mol. The van der Waals surface area contributed by atoms with Crippen LogP contribution in [0, 0.1) is 0 Å². The molecule has 0 spiro atoms. The number of rotatable bonds is 7. The Morgan fingerprint density at radius 2 is 1.86 bits per heavy atom. The molecule has 1 heterocycles. The largest absolute Gasteiger partial charge is 0.497 e. The Balaban J connectivity index is 0.00000300. The first-order valence-electron chi connectivity index (χ1n) is 9.57. The van der Waals surface area contributed by atoms with Crippen molar-refractivity contribution in [3.63, 3.8) is 0 Å². The number of nitrogens with zero attached hydrogens (tertiary/aromatic N) is 2. The molecule has 0 aromatic heterocycles. The van der Waals surface area contributed by atoms with Crippen molar-refractivity contribution in [1.82, 2.24) is 15.1 Å². The smallest absolute Gasteiger partial charge is 0.236 e. The minimum atomic E-state index is 0. The SMILES string of the molecule is COc1ccc(CN(C)C(=O)CN2CCNCC2c2ccccc2OC)cc1.Cl. The minimum Gasteiger partial charge on any atom is -0.497 e. The van der Waals surface area contributed by atoms with Crippen molar-refractivity contribution in [1.29, 1.82) is 0 Å². The maximum Gasteiger partial charge on any atom is 0.236 e. The van der Waals surface area contributed by atoms with Gasteiger partial charge in [0, 0.05) is 38.8 Å². The summed E-state index contributed by atoms with van der Waals surface area (Å²) in [6.45, 7) is 3.47. The number of carbonyl (C=O) groups is 1. The highest BCUT2D eigenvalue weighted by atomic mass is 35.5. The van der Waals surface area contributed by atoms with Gasteiger partial charge in [0.05, 0.1) is 26.8 Å². The van der Waals surface area contributed by atoms with Gasteiger partial charge in [0.25, 0.3) is 0 Å². The maximum atomic E-state index is 12.9. The third-order valence-corrected chi connectivity index (χ3v) is 5.20. The minimum absolute atomic E-state index is 0. The van der Waals surface area contributed by atoms with E-state index in [0.717, 1.165) is 42.3 Å². The van der Waals surface area contributed by atoms with Crippen LogP contribution in [-0.4, -0.2) is 63.2 Å². The Kier molecular flexibility index (Phi) is 8.76. The van der Waals surface area contributed by atoms with Crippen molar-refractivity contribution in [2.75, 3.05) is 47.4 Å². The summed E-state index contributed by atoms with van der Waals surface area (Å²) in [6, 6.07) is 16.0. The van der Waals surface area contributed by atoms with Crippen LogP contribution in [0.5, 0.6) is 11.5 Å². The van der Waals surface area contributed by atoms with Crippen molar-refractivity contribution in [3.05, 3.63) is 59.7 Å². The first-order valence-corrected chi connectivity index (χ1v) is 9.57. The molecule has 29 heavy (non-hydrogen) atoms. The molecule has 0 aliphatic carbocycles. The van der Waals surface area contributed by atoms with Crippen molar-refractivity contribution in [3.8, 4) is 11.5 Å². The zero-order chi connectivity index (χ0) is 19.9. The molecule has 1 saturated heterocycles. The van der Waals surface area contributed by atoms with E-state index in [2.05, 4.69) is 16.3 Å². The average molecular weight is 420 g/mol. The van der Waals surface area contributed by atoms with Crippen LogP contribution in [0.25, 0.3) is 0 Å². The lowest BCUT2D eigenvalue weighted by atomic mass is 10.0. The van der Waals surface area contributed by atoms with Gasteiger partial charge in [-0.1, -0.05) is 30.3 Å². The fourth-order valence-corrected chi connectivity index (χ4v) is 3.57. The summed E-state index contributed by atoms with van der Waals surface area (Å²) in [5.41, 5.74) is 2.20. The van der Waals surface area contributed by atoms with Crippen LogP contribution in [0.1, 0.15) is 17.2 Å². The Morgan fingerprint density at radius 3 is 2.55 bits per heavy atom.